The second-order valence-corrected chi connectivity index (χ2v) is 28.9. The Morgan fingerprint density at radius 3 is 1.43 bits per heavy atom. The van der Waals surface area contributed by atoms with Crippen LogP contribution in [0.1, 0.15) is 104 Å². The van der Waals surface area contributed by atoms with Crippen LogP contribution in [0.25, 0.3) is 65.6 Å². The maximum Gasteiger partial charge on any atom is 0.354 e. The number of carbonyl (C=O) groups excluding carboxylic acids is 2. The molecule has 14 rings (SSSR count). The molecule has 2 aliphatic heterocycles. The Labute approximate surface area is 585 Å². The van der Waals surface area contributed by atoms with Crippen LogP contribution in [-0.4, -0.2) is 87.6 Å². The van der Waals surface area contributed by atoms with E-state index in [1.54, 1.807) is 35.3 Å². The van der Waals surface area contributed by atoms with Crippen molar-refractivity contribution in [2.24, 2.45) is 14.1 Å². The molecule has 8 heterocycles. The van der Waals surface area contributed by atoms with Crippen molar-refractivity contribution < 1.29 is 28.5 Å². The highest BCUT2D eigenvalue weighted by atomic mass is 35.5. The largest absolute Gasteiger partial charge is 0.493 e. The fourth-order valence-corrected chi connectivity index (χ4v) is 17.7. The quantitative estimate of drug-likeness (QED) is 0.154. The Hall–Kier alpha value is -7.72. The molecule has 0 amide bonds. The van der Waals surface area contributed by atoms with E-state index in [1.165, 1.54) is 25.6 Å². The summed E-state index contributed by atoms with van der Waals surface area (Å²) in [5.74, 6) is 5.48. The molecule has 16 nitrogen and oxygen atoms in total. The molecule has 12 aromatic rings. The van der Waals surface area contributed by atoms with Gasteiger partial charge >= 0.3 is 11.9 Å². The van der Waals surface area contributed by atoms with Crippen LogP contribution < -0.4 is 9.47 Å². The first-order valence-electron chi connectivity index (χ1n) is 32.3. The van der Waals surface area contributed by atoms with E-state index >= 15 is 0 Å². The van der Waals surface area contributed by atoms with Crippen molar-refractivity contribution in [3.05, 3.63) is 187 Å². The number of methoxy groups -OCH3 is 2. The molecule has 0 spiro atoms. The number of carbonyl (C=O) groups is 2. The lowest BCUT2D eigenvalue weighted by Gasteiger charge is -2.14. The number of halogens is 2. The van der Waals surface area contributed by atoms with E-state index in [2.05, 4.69) is 119 Å². The predicted octanol–water partition coefficient (Wildman–Crippen LogP) is 18.0. The summed E-state index contributed by atoms with van der Waals surface area (Å²) >= 11 is 21.3. The van der Waals surface area contributed by atoms with Crippen LogP contribution in [0, 0.1) is 27.7 Å². The number of esters is 2. The molecule has 16 bridgehead atoms. The fraction of sp³-hybridized carbons (Fsp3) is 0.324. The minimum atomic E-state index is -0.374. The van der Waals surface area contributed by atoms with Crippen molar-refractivity contribution in [3.63, 3.8) is 0 Å². The summed E-state index contributed by atoms with van der Waals surface area (Å²) in [4.78, 5) is 29.0. The van der Waals surface area contributed by atoms with Crippen LogP contribution in [-0.2, 0) is 84.3 Å². The number of hydrogen-bond donors (Lipinski definition) is 0. The number of aromatic nitrogens is 10. The molecular weight excluding hydrogens is 1320 g/mol. The summed E-state index contributed by atoms with van der Waals surface area (Å²) in [5, 5.41) is 27.4. The zero-order valence-corrected chi connectivity index (χ0v) is 60.4. The Morgan fingerprint density at radius 2 is 0.958 bits per heavy atom. The average molecular weight is 1400 g/mol. The topological polar surface area (TPSA) is 152 Å². The minimum absolute atomic E-state index is 0.373. The molecule has 0 saturated carbocycles. The maximum atomic E-state index is 13.3. The van der Waals surface area contributed by atoms with Crippen molar-refractivity contribution in [1.82, 2.24) is 48.3 Å². The van der Waals surface area contributed by atoms with Gasteiger partial charge in [-0.1, -0.05) is 71.7 Å². The van der Waals surface area contributed by atoms with Gasteiger partial charge in [0.1, 0.15) is 22.9 Å². The van der Waals surface area contributed by atoms with E-state index in [4.69, 9.17) is 62.5 Å². The van der Waals surface area contributed by atoms with E-state index in [1.807, 2.05) is 85.5 Å². The standard InChI is InChI=1S/2C37H38ClN5O3S2/c1-6-43-26-17-25(39-43)19-48-27-16-24-10-7-8-11-28(24)32(18-27)46-15-9-14-42-31-13-12-29(38)35(33(31)22(2)36(42)37(44)45-5)34-23(3)41(4)40-30(34)21-47-20-26;1-6-43-26-17-25(39-43)19-47-21-30-34(23(3)41(4)40-30)35-29(38)12-13-31-33(35)22(2)36(37(44)45-5)42(31)14-9-15-46-32-18-27(48-20-26)16-24-10-7-8-11-28(24)32/h2*7-8,10-13,16-18H,6,9,14-15,19-21H2,1-5H3. The highest BCUT2D eigenvalue weighted by Gasteiger charge is 2.30. The van der Waals surface area contributed by atoms with Gasteiger partial charge in [-0.2, -0.15) is 20.4 Å². The SMILES string of the molecule is CCn1nc2cc1CSCc1nn(C)c(C)c1-c1c(Cl)ccc3c1c(C)c(C(=O)OC)n3CCCOc1cc(cc3ccccc13)SC2.CCn1nc2cc1CSc1cc(c3ccccc3c1)OCCCn1c(C(=O)OC)c(C)c3c(c(Cl)ccc31)-c1c(nn(C)c1C)CSC2. The van der Waals surface area contributed by atoms with Crippen LogP contribution in [0.3, 0.4) is 0 Å². The summed E-state index contributed by atoms with van der Waals surface area (Å²) in [6.07, 6.45) is 1.37. The lowest BCUT2D eigenvalue weighted by Crippen LogP contribution is -2.13. The van der Waals surface area contributed by atoms with Crippen molar-refractivity contribution >= 4 is 126 Å². The monoisotopic (exact) mass is 1400 g/mol. The van der Waals surface area contributed by atoms with Crippen LogP contribution in [0.4, 0.5) is 0 Å². The van der Waals surface area contributed by atoms with Crippen molar-refractivity contribution in [3.8, 4) is 33.8 Å². The molecule has 96 heavy (non-hydrogen) atoms. The fourth-order valence-electron chi connectivity index (χ4n) is 13.6. The Morgan fingerprint density at radius 1 is 0.521 bits per heavy atom. The van der Waals surface area contributed by atoms with Gasteiger partial charge in [-0.15, -0.1) is 47.0 Å². The van der Waals surface area contributed by atoms with Gasteiger partial charge in [0, 0.05) is 172 Å². The van der Waals surface area contributed by atoms with Gasteiger partial charge < -0.3 is 28.1 Å². The first-order valence-corrected chi connectivity index (χ1v) is 37.3. The molecule has 0 radical (unpaired) electrons. The molecule has 0 unspecified atom stereocenters. The first kappa shape index (κ1) is 66.9. The van der Waals surface area contributed by atoms with Crippen LogP contribution >= 0.6 is 70.2 Å². The molecule has 0 fully saturated rings. The molecule has 0 aliphatic carbocycles. The molecule has 6 aromatic carbocycles. The number of nitrogens with zero attached hydrogens (tertiary/aromatic N) is 10. The van der Waals surface area contributed by atoms with Gasteiger partial charge in [0.15, 0.2) is 0 Å². The number of aryl methyl sites for hydroxylation is 8. The van der Waals surface area contributed by atoms with Gasteiger partial charge in [0.25, 0.3) is 0 Å². The summed E-state index contributed by atoms with van der Waals surface area (Å²) < 4.78 is 35.8. The average Bonchev–Trinajstić information content (AvgIpc) is 1.58. The van der Waals surface area contributed by atoms with Gasteiger partial charge in [0.2, 0.25) is 0 Å². The summed E-state index contributed by atoms with van der Waals surface area (Å²) in [5.41, 5.74) is 16.9. The first-order chi connectivity index (χ1) is 46.6. The van der Waals surface area contributed by atoms with Gasteiger partial charge in [0.05, 0.1) is 50.2 Å². The summed E-state index contributed by atoms with van der Waals surface area (Å²) in [6, 6.07) is 37.8. The number of benzene rings is 6. The smallest absolute Gasteiger partial charge is 0.354 e. The number of rotatable bonds is 4. The molecule has 0 N–H and O–H groups in total. The van der Waals surface area contributed by atoms with Crippen molar-refractivity contribution in [2.75, 3.05) is 27.4 Å². The minimum Gasteiger partial charge on any atom is -0.493 e. The Bertz CT molecular complexity index is 4980. The number of ether oxygens (including phenoxy) is 4. The van der Waals surface area contributed by atoms with E-state index < -0.39 is 0 Å². The lowest BCUT2D eigenvalue weighted by molar-refractivity contribution is 0.0579. The zero-order chi connectivity index (χ0) is 67.1. The van der Waals surface area contributed by atoms with Gasteiger partial charge in [-0.05, 0) is 137 Å². The summed E-state index contributed by atoms with van der Waals surface area (Å²) in [7, 11) is 6.80. The highest BCUT2D eigenvalue weighted by Crippen LogP contribution is 2.46. The van der Waals surface area contributed by atoms with E-state index in [0.29, 0.717) is 72.1 Å². The molecular formula is C74H76Cl2N10O6S4. The van der Waals surface area contributed by atoms with E-state index in [9.17, 15) is 9.59 Å². The Balaban J connectivity index is 0.000000174. The third-order valence-corrected chi connectivity index (χ3v) is 22.9. The molecule has 2 aliphatic rings. The van der Waals surface area contributed by atoms with E-state index in [0.717, 1.165) is 168 Å². The number of fused-ring (bicyclic) bond motifs is 16. The zero-order valence-electron chi connectivity index (χ0n) is 55.6. The molecule has 0 atom stereocenters. The van der Waals surface area contributed by atoms with Crippen LogP contribution in [0.2, 0.25) is 10.0 Å². The second-order valence-electron chi connectivity index (χ2n) is 24.1. The lowest BCUT2D eigenvalue weighted by atomic mass is 9.97. The number of hydrogen-bond acceptors (Lipinski definition) is 14. The normalized spacial score (nSPS) is 14.1. The molecule has 6 aromatic heterocycles. The van der Waals surface area contributed by atoms with Crippen LogP contribution in [0.5, 0.6) is 11.5 Å². The third kappa shape index (κ3) is 12.9. The van der Waals surface area contributed by atoms with Gasteiger partial charge in [-0.3, -0.25) is 18.7 Å². The van der Waals surface area contributed by atoms with Gasteiger partial charge in [-0.25, -0.2) is 9.59 Å². The Kier molecular flexibility index (Phi) is 20.0. The maximum absolute atomic E-state index is 13.3. The molecule has 22 heteroatoms. The third-order valence-electron chi connectivity index (χ3n) is 18.3. The second kappa shape index (κ2) is 28.8. The molecule has 496 valence electrons. The number of thioether (sulfide) groups is 4. The summed E-state index contributed by atoms with van der Waals surface area (Å²) in [6.45, 7) is 16.1. The predicted molar refractivity (Wildman–Crippen MR) is 393 cm³/mol. The van der Waals surface area contributed by atoms with Crippen LogP contribution in [0.15, 0.2) is 119 Å². The van der Waals surface area contributed by atoms with Crippen molar-refractivity contribution in [2.45, 2.75) is 125 Å². The van der Waals surface area contributed by atoms with E-state index in [-0.39, 0.29) is 11.9 Å². The highest BCUT2D eigenvalue weighted by molar-refractivity contribution is 7.99. The van der Waals surface area contributed by atoms with Crippen molar-refractivity contribution in [1.29, 1.82) is 0 Å². The molecule has 0 saturated heterocycles.